The van der Waals surface area contributed by atoms with Crippen molar-refractivity contribution in [3.8, 4) is 17.0 Å². The van der Waals surface area contributed by atoms with E-state index in [1.54, 1.807) is 25.4 Å². The molecular weight excluding hydrogens is 544 g/mol. The summed E-state index contributed by atoms with van der Waals surface area (Å²) in [4.78, 5) is 24.6. The summed E-state index contributed by atoms with van der Waals surface area (Å²) >= 11 is 0. The van der Waals surface area contributed by atoms with E-state index in [0.717, 1.165) is 33.6 Å². The smallest absolute Gasteiger partial charge is 0.251 e. The second-order valence-electron chi connectivity index (χ2n) is 10.1. The van der Waals surface area contributed by atoms with Gasteiger partial charge < -0.3 is 24.4 Å². The molecule has 0 aliphatic carbocycles. The molecule has 1 N–H and O–H groups in total. The molecule has 11 heteroatoms. The minimum atomic E-state index is -3.51. The van der Waals surface area contributed by atoms with E-state index in [0.29, 0.717) is 24.5 Å². The fourth-order valence-corrected chi connectivity index (χ4v) is 6.53. The number of ether oxygens (including phenoxy) is 3. The van der Waals surface area contributed by atoms with Crippen molar-refractivity contribution in [2.75, 3.05) is 44.6 Å². The number of nitrogens with one attached hydrogen (secondary N) is 1. The fraction of sp³-hybridized carbons (Fsp3) is 0.300. The Hall–Kier alpha value is -4.06. The van der Waals surface area contributed by atoms with E-state index < -0.39 is 9.84 Å². The molecule has 1 amide bonds. The second kappa shape index (κ2) is 11.1. The molecule has 0 radical (unpaired) electrons. The Bertz CT molecular complexity index is 1740. The second-order valence-corrected chi connectivity index (χ2v) is 12.2. The van der Waals surface area contributed by atoms with E-state index >= 15 is 0 Å². The first-order valence-electron chi connectivity index (χ1n) is 13.3. The van der Waals surface area contributed by atoms with Gasteiger partial charge in [-0.15, -0.1) is 0 Å². The number of likely N-dealkylation sites (N-methyl/N-ethyl adjacent to an activating group) is 1. The quantitative estimate of drug-likeness (QED) is 0.370. The van der Waals surface area contributed by atoms with Gasteiger partial charge in [0.25, 0.3) is 5.91 Å². The molecule has 0 bridgehead atoms. The molecule has 2 aliphatic rings. The highest BCUT2D eigenvalue weighted by Gasteiger charge is 2.27. The van der Waals surface area contributed by atoms with Gasteiger partial charge >= 0.3 is 0 Å². The average molecular weight is 575 g/mol. The van der Waals surface area contributed by atoms with Gasteiger partial charge in [-0.05, 0) is 48.0 Å². The molecule has 2 aromatic heterocycles. The number of rotatable bonds is 6. The normalized spacial score (nSPS) is 17.7. The Balaban J connectivity index is 1.22. The molecule has 6 rings (SSSR count). The van der Waals surface area contributed by atoms with Crippen LogP contribution in [-0.2, 0) is 32.5 Å². The van der Waals surface area contributed by atoms with Crippen molar-refractivity contribution in [2.45, 2.75) is 24.1 Å². The summed E-state index contributed by atoms with van der Waals surface area (Å²) < 4.78 is 42.1. The minimum Gasteiger partial charge on any atom is -0.488 e. The third-order valence-electron chi connectivity index (χ3n) is 7.46. The van der Waals surface area contributed by atoms with Gasteiger partial charge in [0.15, 0.2) is 15.6 Å². The van der Waals surface area contributed by atoms with Gasteiger partial charge in [-0.3, -0.25) is 9.78 Å². The van der Waals surface area contributed by atoms with E-state index in [1.165, 1.54) is 6.07 Å². The minimum absolute atomic E-state index is 0.107. The molecule has 0 saturated heterocycles. The fourth-order valence-electron chi connectivity index (χ4n) is 5.14. The standard InChI is InChI=1S/C30H30N4O6S/c1-34-23(17-38-2)18-40-29-24(4-3-5-27(29)34)25-9-8-20-14-31-22(13-26(20)33-25)15-32-30(35)19-6-7-21-16-39-10-11-41(36,37)28(21)12-19/h3-9,12-14,23H,10-11,15-18H2,1-2H3,(H,32,35)/t23-/m1/s1. The lowest BCUT2D eigenvalue weighted by molar-refractivity contribution is 0.0950. The van der Waals surface area contributed by atoms with Crippen LogP contribution in [0.5, 0.6) is 5.75 Å². The summed E-state index contributed by atoms with van der Waals surface area (Å²) in [6, 6.07) is 16.6. The van der Waals surface area contributed by atoms with E-state index in [1.807, 2.05) is 43.4 Å². The van der Waals surface area contributed by atoms with Crippen LogP contribution in [0.3, 0.4) is 0 Å². The van der Waals surface area contributed by atoms with Crippen molar-refractivity contribution in [1.29, 1.82) is 0 Å². The topological polar surface area (TPSA) is 120 Å². The molecule has 4 heterocycles. The largest absolute Gasteiger partial charge is 0.488 e. The maximum absolute atomic E-state index is 12.9. The summed E-state index contributed by atoms with van der Waals surface area (Å²) in [7, 11) is 0.211. The van der Waals surface area contributed by atoms with Crippen molar-refractivity contribution >= 4 is 32.3 Å². The molecule has 10 nitrogen and oxygen atoms in total. The molecular formula is C30H30N4O6S. The average Bonchev–Trinajstić information content (AvgIpc) is 3.14. The van der Waals surface area contributed by atoms with Gasteiger partial charge in [0, 0.05) is 36.9 Å². The van der Waals surface area contributed by atoms with Crippen molar-refractivity contribution in [3.05, 3.63) is 77.6 Å². The van der Waals surface area contributed by atoms with E-state index in [-0.39, 0.29) is 47.9 Å². The van der Waals surface area contributed by atoms with E-state index in [2.05, 4.69) is 15.2 Å². The Labute approximate surface area is 238 Å². The molecule has 2 aliphatic heterocycles. The lowest BCUT2D eigenvalue weighted by atomic mass is 10.0. The van der Waals surface area contributed by atoms with Gasteiger partial charge in [0.1, 0.15) is 6.61 Å². The van der Waals surface area contributed by atoms with E-state index in [9.17, 15) is 13.2 Å². The maximum atomic E-state index is 12.9. The lowest BCUT2D eigenvalue weighted by Crippen LogP contribution is -2.43. The summed E-state index contributed by atoms with van der Waals surface area (Å²) in [6.07, 6.45) is 1.72. The number of amides is 1. The SMILES string of the molecule is COC[C@@H]1COc2c(-c3ccc4cnc(CNC(=O)c5ccc6c(c5)S(=O)(=O)CCOC6)cc4n3)cccc2N1C. The zero-order valence-electron chi connectivity index (χ0n) is 22.8. The molecule has 4 aromatic rings. The maximum Gasteiger partial charge on any atom is 0.251 e. The number of aromatic nitrogens is 2. The number of fused-ring (bicyclic) bond motifs is 3. The molecule has 212 valence electrons. The molecule has 0 fully saturated rings. The Kier molecular flexibility index (Phi) is 7.33. The number of sulfone groups is 1. The van der Waals surface area contributed by atoms with Gasteiger partial charge in [-0.1, -0.05) is 12.1 Å². The molecule has 2 aromatic carbocycles. The zero-order chi connectivity index (χ0) is 28.6. The van der Waals surface area contributed by atoms with E-state index in [4.69, 9.17) is 19.2 Å². The number of hydrogen-bond donors (Lipinski definition) is 1. The number of carbonyl (C=O) groups excluding carboxylic acids is 1. The van der Waals surface area contributed by atoms with Crippen LogP contribution in [0.4, 0.5) is 5.69 Å². The number of para-hydroxylation sites is 1. The Morgan fingerprint density at radius 2 is 2.05 bits per heavy atom. The lowest BCUT2D eigenvalue weighted by Gasteiger charge is -2.36. The van der Waals surface area contributed by atoms with Crippen molar-refractivity contribution in [3.63, 3.8) is 0 Å². The van der Waals surface area contributed by atoms with Gasteiger partial charge in [-0.2, -0.15) is 0 Å². The van der Waals surface area contributed by atoms with Crippen LogP contribution in [0, 0.1) is 0 Å². The van der Waals surface area contributed by atoms with Crippen molar-refractivity contribution < 1.29 is 27.4 Å². The highest BCUT2D eigenvalue weighted by molar-refractivity contribution is 7.91. The van der Waals surface area contributed by atoms with Crippen molar-refractivity contribution in [1.82, 2.24) is 15.3 Å². The number of benzene rings is 2. The number of nitrogens with zero attached hydrogens (tertiary/aromatic N) is 3. The molecule has 0 saturated carbocycles. The first-order chi connectivity index (χ1) is 19.8. The third kappa shape index (κ3) is 5.35. The molecule has 1 atom stereocenters. The highest BCUT2D eigenvalue weighted by Crippen LogP contribution is 2.41. The zero-order valence-corrected chi connectivity index (χ0v) is 23.6. The van der Waals surface area contributed by atoms with Crippen LogP contribution in [0.1, 0.15) is 21.6 Å². The summed E-state index contributed by atoms with van der Waals surface area (Å²) in [5.74, 6) is 0.287. The summed E-state index contributed by atoms with van der Waals surface area (Å²) in [5, 5.41) is 3.71. The predicted molar refractivity (Wildman–Crippen MR) is 154 cm³/mol. The predicted octanol–water partition coefficient (Wildman–Crippen LogP) is 3.37. The highest BCUT2D eigenvalue weighted by atomic mass is 32.2. The van der Waals surface area contributed by atoms with Gasteiger partial charge in [-0.25, -0.2) is 13.4 Å². The van der Waals surface area contributed by atoms with Crippen LogP contribution >= 0.6 is 0 Å². The third-order valence-corrected chi connectivity index (χ3v) is 9.21. The number of hydrogen-bond acceptors (Lipinski definition) is 9. The monoisotopic (exact) mass is 574 g/mol. The number of carbonyl (C=O) groups is 1. The van der Waals surface area contributed by atoms with Crippen LogP contribution in [0.25, 0.3) is 22.2 Å². The Morgan fingerprint density at radius 1 is 1.17 bits per heavy atom. The first kappa shape index (κ1) is 27.1. The van der Waals surface area contributed by atoms with Crippen molar-refractivity contribution in [2.24, 2.45) is 0 Å². The number of anilines is 1. The molecule has 0 spiro atoms. The molecule has 0 unspecified atom stereocenters. The van der Waals surface area contributed by atoms with Crippen LogP contribution in [0.15, 0.2) is 65.7 Å². The van der Waals surface area contributed by atoms with Gasteiger partial charge in [0.05, 0.1) is 65.6 Å². The van der Waals surface area contributed by atoms with Crippen LogP contribution in [-0.4, -0.2) is 70.1 Å². The molecule has 41 heavy (non-hydrogen) atoms. The van der Waals surface area contributed by atoms with Crippen LogP contribution in [0.2, 0.25) is 0 Å². The summed E-state index contributed by atoms with van der Waals surface area (Å²) in [6.45, 7) is 1.58. The number of methoxy groups -OCH3 is 1. The van der Waals surface area contributed by atoms with Gasteiger partial charge in [0.2, 0.25) is 0 Å². The number of pyridine rings is 2. The summed E-state index contributed by atoms with van der Waals surface area (Å²) in [5.41, 5.74) is 4.82. The Morgan fingerprint density at radius 3 is 2.90 bits per heavy atom. The first-order valence-corrected chi connectivity index (χ1v) is 14.9. The van der Waals surface area contributed by atoms with Crippen LogP contribution < -0.4 is 15.0 Å².